The molecule has 3 atom stereocenters. The van der Waals surface area contributed by atoms with Crippen LogP contribution in [0.5, 0.6) is 0 Å². The van der Waals surface area contributed by atoms with E-state index in [2.05, 4.69) is 18.5 Å². The molecular formula is C17H18F2N2O2. The Hall–Kier alpha value is -2.21. The van der Waals surface area contributed by atoms with Gasteiger partial charge < -0.3 is 15.0 Å². The van der Waals surface area contributed by atoms with Gasteiger partial charge >= 0.3 is 0 Å². The number of halogens is 2. The van der Waals surface area contributed by atoms with Crippen LogP contribution in [0, 0.1) is 17.6 Å². The first kappa shape index (κ1) is 15.7. The number of nitrogens with zero attached hydrogens (tertiary/aromatic N) is 1. The van der Waals surface area contributed by atoms with E-state index >= 15 is 0 Å². The second-order valence-corrected chi connectivity index (χ2v) is 5.94. The second-order valence-electron chi connectivity index (χ2n) is 5.94. The Balaban J connectivity index is 2.13. The topological polar surface area (TPSA) is 41.6 Å². The van der Waals surface area contributed by atoms with Gasteiger partial charge in [0.25, 0.3) is 0 Å². The molecule has 1 N–H and O–H groups in total. The molecule has 0 bridgehead atoms. The number of amides is 1. The first-order valence-corrected chi connectivity index (χ1v) is 7.33. The summed E-state index contributed by atoms with van der Waals surface area (Å²) in [7, 11) is 1.61. The lowest BCUT2D eigenvalue weighted by molar-refractivity contribution is -0.151. The quantitative estimate of drug-likeness (QED) is 0.850. The minimum Gasteiger partial charge on any atom is -0.371 e. The molecule has 0 aliphatic carbocycles. The first-order valence-electron chi connectivity index (χ1n) is 7.33. The average Bonchev–Trinajstić information content (AvgIpc) is 2.52. The number of carbonyl (C=O) groups is 1. The molecule has 1 aromatic rings. The van der Waals surface area contributed by atoms with Crippen LogP contribution in [0.1, 0.15) is 12.0 Å². The molecule has 0 radical (unpaired) electrons. The smallest absolute Gasteiger partial charge is 0.233 e. The van der Waals surface area contributed by atoms with Crippen molar-refractivity contribution < 1.29 is 18.3 Å². The number of nitrogens with one attached hydrogen (secondary N) is 1. The molecule has 23 heavy (non-hydrogen) atoms. The molecule has 4 nitrogen and oxygen atoms in total. The van der Waals surface area contributed by atoms with Gasteiger partial charge in [-0.05, 0) is 12.5 Å². The molecule has 0 aromatic heterocycles. The molecule has 6 heteroatoms. The van der Waals surface area contributed by atoms with Gasteiger partial charge in [-0.15, -0.1) is 6.58 Å². The van der Waals surface area contributed by atoms with Crippen molar-refractivity contribution in [1.82, 2.24) is 10.2 Å². The Bertz CT molecular complexity index is 691. The van der Waals surface area contributed by atoms with Crippen molar-refractivity contribution in [2.24, 2.45) is 5.92 Å². The molecule has 2 saturated heterocycles. The highest BCUT2D eigenvalue weighted by Gasteiger charge is 2.54. The van der Waals surface area contributed by atoms with Crippen LogP contribution in [0.15, 0.2) is 43.3 Å². The normalized spacial score (nSPS) is 30.7. The Labute approximate surface area is 133 Å². The summed E-state index contributed by atoms with van der Waals surface area (Å²) in [5.41, 5.74) is -0.896. The summed E-state index contributed by atoms with van der Waals surface area (Å²) in [5, 5.41) is 3.12. The maximum absolute atomic E-state index is 14.4. The lowest BCUT2D eigenvalue weighted by atomic mass is 9.71. The Morgan fingerprint density at radius 3 is 2.87 bits per heavy atom. The van der Waals surface area contributed by atoms with Crippen molar-refractivity contribution in [2.75, 3.05) is 13.7 Å². The van der Waals surface area contributed by atoms with Crippen LogP contribution in [0.2, 0.25) is 0 Å². The van der Waals surface area contributed by atoms with Crippen LogP contribution < -0.4 is 5.32 Å². The van der Waals surface area contributed by atoms with E-state index in [1.165, 1.54) is 17.0 Å². The summed E-state index contributed by atoms with van der Waals surface area (Å²) in [6, 6.07) is 3.35. The zero-order valence-electron chi connectivity index (χ0n) is 12.8. The lowest BCUT2D eigenvalue weighted by Gasteiger charge is -2.51. The van der Waals surface area contributed by atoms with Gasteiger partial charge in [-0.2, -0.15) is 0 Å². The highest BCUT2D eigenvalue weighted by Crippen LogP contribution is 2.43. The third kappa shape index (κ3) is 2.34. The van der Waals surface area contributed by atoms with E-state index in [0.29, 0.717) is 12.2 Å². The highest BCUT2D eigenvalue weighted by molar-refractivity contribution is 5.83. The van der Waals surface area contributed by atoms with Crippen molar-refractivity contribution in [3.8, 4) is 0 Å². The zero-order valence-corrected chi connectivity index (χ0v) is 12.8. The number of fused-ring (bicyclic) bond motifs is 1. The van der Waals surface area contributed by atoms with Crippen molar-refractivity contribution in [3.63, 3.8) is 0 Å². The van der Waals surface area contributed by atoms with Gasteiger partial charge in [-0.25, -0.2) is 8.78 Å². The number of ether oxygens (including phenoxy) is 1. The molecule has 122 valence electrons. The van der Waals surface area contributed by atoms with E-state index < -0.39 is 23.1 Å². The van der Waals surface area contributed by atoms with E-state index in [-0.39, 0.29) is 24.2 Å². The number of hydrogen-bond donors (Lipinski definition) is 1. The SMILES string of the molecule is C=C[C@H]1C[C@H]2C(=O)N(C)C(=C)N[C@@]2(c2ccc(F)cc2F)CO1. The van der Waals surface area contributed by atoms with Gasteiger partial charge in [0.2, 0.25) is 5.91 Å². The summed E-state index contributed by atoms with van der Waals surface area (Å²) in [6.45, 7) is 7.57. The van der Waals surface area contributed by atoms with Crippen LogP contribution in [0.3, 0.4) is 0 Å². The monoisotopic (exact) mass is 320 g/mol. The fourth-order valence-corrected chi connectivity index (χ4v) is 3.33. The minimum absolute atomic E-state index is 0.0650. The van der Waals surface area contributed by atoms with Gasteiger partial charge in [-0.1, -0.05) is 18.7 Å². The number of carbonyl (C=O) groups excluding carboxylic acids is 1. The van der Waals surface area contributed by atoms with Crippen LogP contribution >= 0.6 is 0 Å². The van der Waals surface area contributed by atoms with Crippen LogP contribution in [0.4, 0.5) is 8.78 Å². The maximum Gasteiger partial charge on any atom is 0.233 e. The Kier molecular flexibility index (Phi) is 3.72. The highest BCUT2D eigenvalue weighted by atomic mass is 19.1. The Morgan fingerprint density at radius 1 is 1.48 bits per heavy atom. The molecular weight excluding hydrogens is 302 g/mol. The molecule has 0 saturated carbocycles. The third-order valence-electron chi connectivity index (χ3n) is 4.66. The van der Waals surface area contributed by atoms with E-state index in [4.69, 9.17) is 4.74 Å². The summed E-state index contributed by atoms with van der Waals surface area (Å²) < 4.78 is 33.4. The lowest BCUT2D eigenvalue weighted by Crippen LogP contribution is -2.65. The predicted octanol–water partition coefficient (Wildman–Crippen LogP) is 2.28. The molecule has 2 fully saturated rings. The number of benzene rings is 1. The molecule has 0 unspecified atom stereocenters. The minimum atomic E-state index is -1.10. The molecule has 2 aliphatic rings. The van der Waals surface area contributed by atoms with Gasteiger partial charge in [0.1, 0.15) is 23.0 Å². The van der Waals surface area contributed by atoms with Crippen LogP contribution in [0.25, 0.3) is 0 Å². The zero-order chi connectivity index (χ0) is 16.8. The van der Waals surface area contributed by atoms with E-state index in [9.17, 15) is 13.6 Å². The van der Waals surface area contributed by atoms with Crippen molar-refractivity contribution >= 4 is 5.91 Å². The Morgan fingerprint density at radius 2 is 2.22 bits per heavy atom. The molecule has 2 aliphatic heterocycles. The summed E-state index contributed by atoms with van der Waals surface area (Å²) in [6.07, 6.45) is 1.70. The fourth-order valence-electron chi connectivity index (χ4n) is 3.33. The average molecular weight is 320 g/mol. The van der Waals surface area contributed by atoms with Crippen LogP contribution in [-0.4, -0.2) is 30.6 Å². The van der Waals surface area contributed by atoms with Crippen molar-refractivity contribution in [3.05, 3.63) is 60.5 Å². The first-order chi connectivity index (χ1) is 10.9. The van der Waals surface area contributed by atoms with E-state index in [1.807, 2.05) is 0 Å². The van der Waals surface area contributed by atoms with E-state index in [1.54, 1.807) is 13.1 Å². The second kappa shape index (κ2) is 5.45. The van der Waals surface area contributed by atoms with Gasteiger partial charge in [0.05, 0.1) is 18.6 Å². The summed E-state index contributed by atoms with van der Waals surface area (Å²) in [5.74, 6) is -1.76. The number of hydrogen-bond acceptors (Lipinski definition) is 3. The number of rotatable bonds is 2. The molecule has 1 aromatic carbocycles. The largest absolute Gasteiger partial charge is 0.371 e. The molecule has 1 amide bonds. The van der Waals surface area contributed by atoms with Gasteiger partial charge in [-0.3, -0.25) is 4.79 Å². The van der Waals surface area contributed by atoms with Gasteiger partial charge in [0, 0.05) is 18.7 Å². The molecule has 0 spiro atoms. The van der Waals surface area contributed by atoms with Crippen LogP contribution in [-0.2, 0) is 15.1 Å². The van der Waals surface area contributed by atoms with Crippen molar-refractivity contribution in [1.29, 1.82) is 0 Å². The standard InChI is InChI=1S/C17H18F2N2O2/c1-4-12-8-14-16(22)21(3)10(2)20-17(14,9-23-12)13-6-5-11(18)7-15(13)19/h4-7,12,14,20H,1-2,8-9H2,3H3/t12-,14-,17+/m0/s1. The van der Waals surface area contributed by atoms with Gasteiger partial charge in [0.15, 0.2) is 0 Å². The molecule has 2 heterocycles. The summed E-state index contributed by atoms with van der Waals surface area (Å²) >= 11 is 0. The van der Waals surface area contributed by atoms with Crippen molar-refractivity contribution in [2.45, 2.75) is 18.1 Å². The summed E-state index contributed by atoms with van der Waals surface area (Å²) in [4.78, 5) is 14.1. The third-order valence-corrected chi connectivity index (χ3v) is 4.66. The maximum atomic E-state index is 14.4. The molecule has 3 rings (SSSR count). The fraction of sp³-hybridized carbons (Fsp3) is 0.353. The van der Waals surface area contributed by atoms with E-state index in [0.717, 1.165) is 6.07 Å². The predicted molar refractivity (Wildman–Crippen MR) is 81.1 cm³/mol.